The van der Waals surface area contributed by atoms with Crippen molar-refractivity contribution < 1.29 is 29.0 Å². The molecule has 0 saturated heterocycles. The summed E-state index contributed by atoms with van der Waals surface area (Å²) in [5.74, 6) is -1.29. The fourth-order valence-corrected chi connectivity index (χ4v) is 2.83. The van der Waals surface area contributed by atoms with Crippen LogP contribution in [0.5, 0.6) is 0 Å². The van der Waals surface area contributed by atoms with Crippen molar-refractivity contribution >= 4 is 31.3 Å². The van der Waals surface area contributed by atoms with Gasteiger partial charge in [0.05, 0.1) is 0 Å². The van der Waals surface area contributed by atoms with Gasteiger partial charge in [0.1, 0.15) is 0 Å². The molecule has 104 valence electrons. The Morgan fingerprint density at radius 1 is 1.17 bits per heavy atom. The average Bonchev–Trinajstić information content (AvgIpc) is 2.30. The predicted molar refractivity (Wildman–Crippen MR) is 65.9 cm³/mol. The van der Waals surface area contributed by atoms with Crippen molar-refractivity contribution in [1.82, 2.24) is 0 Å². The SMILES string of the molecule is CCCCC(=O)OCCOC(=O)[As](C)CC(=O)O. The quantitative estimate of drug-likeness (QED) is 0.394. The van der Waals surface area contributed by atoms with Gasteiger partial charge in [-0.05, 0) is 0 Å². The van der Waals surface area contributed by atoms with E-state index in [4.69, 9.17) is 14.6 Å². The normalized spacial score (nSPS) is 11.7. The van der Waals surface area contributed by atoms with E-state index in [9.17, 15) is 14.4 Å². The summed E-state index contributed by atoms with van der Waals surface area (Å²) in [6.45, 7) is 2.00. The summed E-state index contributed by atoms with van der Waals surface area (Å²) in [6.07, 6.45) is 2.07. The van der Waals surface area contributed by atoms with Crippen molar-refractivity contribution in [1.29, 1.82) is 0 Å². The van der Waals surface area contributed by atoms with E-state index in [1.54, 1.807) is 5.71 Å². The Labute approximate surface area is 111 Å². The number of aliphatic carboxylic acids is 1. The summed E-state index contributed by atoms with van der Waals surface area (Å²) in [5.41, 5.74) is 1.62. The molecule has 0 rings (SSSR count). The van der Waals surface area contributed by atoms with Gasteiger partial charge < -0.3 is 0 Å². The maximum absolute atomic E-state index is 11.3. The van der Waals surface area contributed by atoms with Crippen LogP contribution in [0.1, 0.15) is 26.2 Å². The number of unbranched alkanes of at least 4 members (excludes halogenated alkanes) is 1. The van der Waals surface area contributed by atoms with Crippen LogP contribution in [0.4, 0.5) is 4.79 Å². The van der Waals surface area contributed by atoms with E-state index in [0.29, 0.717) is 6.42 Å². The summed E-state index contributed by atoms with van der Waals surface area (Å²) in [6, 6.07) is 0. The van der Waals surface area contributed by atoms with Crippen LogP contribution in [0.15, 0.2) is 0 Å². The molecule has 0 saturated carbocycles. The Kier molecular flexibility index (Phi) is 9.37. The van der Waals surface area contributed by atoms with Gasteiger partial charge in [0.2, 0.25) is 0 Å². The molecule has 0 aliphatic carbocycles. The van der Waals surface area contributed by atoms with Crippen molar-refractivity contribution in [2.45, 2.75) is 37.1 Å². The molecular formula is C11H19AsO6. The standard InChI is InChI=1S/C11H19AsO6/c1-3-4-5-10(15)17-6-7-18-11(16)12(2)8-9(13)14/h3-8H2,1-2H3,(H,13,14). The molecule has 18 heavy (non-hydrogen) atoms. The molecule has 1 N–H and O–H groups in total. The number of carboxylic acids is 1. The molecule has 0 aliphatic rings. The van der Waals surface area contributed by atoms with Gasteiger partial charge in [-0.25, -0.2) is 0 Å². The predicted octanol–water partition coefficient (Wildman–Crippen LogP) is 1.65. The van der Waals surface area contributed by atoms with Gasteiger partial charge in [-0.3, -0.25) is 0 Å². The number of rotatable bonds is 9. The Morgan fingerprint density at radius 3 is 2.33 bits per heavy atom. The van der Waals surface area contributed by atoms with Gasteiger partial charge in [-0.1, -0.05) is 0 Å². The Bertz CT molecular complexity index is 291. The van der Waals surface area contributed by atoms with Crippen molar-refractivity contribution in [2.75, 3.05) is 13.2 Å². The van der Waals surface area contributed by atoms with Gasteiger partial charge >= 0.3 is 111 Å². The van der Waals surface area contributed by atoms with Gasteiger partial charge in [0.25, 0.3) is 0 Å². The first kappa shape index (κ1) is 17.0. The topological polar surface area (TPSA) is 89.9 Å². The zero-order valence-electron chi connectivity index (χ0n) is 10.7. The van der Waals surface area contributed by atoms with Crippen molar-refractivity contribution in [3.05, 3.63) is 0 Å². The van der Waals surface area contributed by atoms with Gasteiger partial charge in [-0.15, -0.1) is 0 Å². The second-order valence-corrected chi connectivity index (χ2v) is 8.05. The summed E-state index contributed by atoms with van der Waals surface area (Å²) in [7, 11) is 0. The zero-order valence-corrected chi connectivity index (χ0v) is 12.6. The minimum absolute atomic E-state index is 0.00456. The molecule has 1 unspecified atom stereocenters. The van der Waals surface area contributed by atoms with Crippen molar-refractivity contribution in [3.63, 3.8) is 0 Å². The summed E-state index contributed by atoms with van der Waals surface area (Å²) < 4.78 is 9.23. The number of hydrogen-bond acceptors (Lipinski definition) is 5. The van der Waals surface area contributed by atoms with Gasteiger partial charge in [0, 0.05) is 0 Å². The van der Waals surface area contributed by atoms with E-state index in [2.05, 4.69) is 0 Å². The molecule has 0 radical (unpaired) electrons. The first-order chi connectivity index (χ1) is 8.47. The van der Waals surface area contributed by atoms with Crippen LogP contribution in [0, 0.1) is 0 Å². The van der Waals surface area contributed by atoms with E-state index in [1.807, 2.05) is 6.92 Å². The molecule has 7 heteroatoms. The molecule has 0 aromatic heterocycles. The zero-order chi connectivity index (χ0) is 14.0. The summed E-state index contributed by atoms with van der Waals surface area (Å²) in [5, 5.41) is 8.40. The average molecular weight is 322 g/mol. The van der Waals surface area contributed by atoms with Crippen LogP contribution >= 0.6 is 0 Å². The third kappa shape index (κ3) is 9.05. The summed E-state index contributed by atoms with van der Waals surface area (Å²) >= 11 is -2.11. The third-order valence-corrected chi connectivity index (χ3v) is 5.13. The van der Waals surface area contributed by atoms with Gasteiger partial charge in [-0.2, -0.15) is 0 Å². The van der Waals surface area contributed by atoms with E-state index in [-0.39, 0.29) is 24.4 Å². The number of carbonyl (C=O) groups excluding carboxylic acids is 2. The van der Waals surface area contributed by atoms with E-state index in [1.165, 1.54) is 0 Å². The molecule has 0 amide bonds. The Balaban J connectivity index is 3.62. The minimum atomic E-state index is -2.11. The number of ether oxygens (including phenoxy) is 2. The van der Waals surface area contributed by atoms with Crippen LogP contribution in [0.2, 0.25) is 10.9 Å². The molecule has 0 heterocycles. The second-order valence-electron chi connectivity index (χ2n) is 3.69. The van der Waals surface area contributed by atoms with E-state index < -0.39 is 25.4 Å². The molecule has 0 bridgehead atoms. The Hall–Kier alpha value is -1.03. The first-order valence-corrected chi connectivity index (χ1v) is 9.86. The van der Waals surface area contributed by atoms with Crippen LogP contribution in [-0.2, 0) is 19.1 Å². The molecule has 0 aromatic carbocycles. The molecule has 0 fully saturated rings. The van der Waals surface area contributed by atoms with E-state index in [0.717, 1.165) is 12.8 Å². The molecule has 0 spiro atoms. The second kappa shape index (κ2) is 9.94. The Morgan fingerprint density at radius 2 is 1.78 bits per heavy atom. The number of hydrogen-bond donors (Lipinski definition) is 1. The van der Waals surface area contributed by atoms with Crippen LogP contribution in [0.25, 0.3) is 0 Å². The maximum atomic E-state index is 11.3. The third-order valence-electron chi connectivity index (χ3n) is 1.99. The van der Waals surface area contributed by atoms with Crippen LogP contribution in [0.3, 0.4) is 0 Å². The first-order valence-electron chi connectivity index (χ1n) is 5.72. The van der Waals surface area contributed by atoms with Gasteiger partial charge in [0.15, 0.2) is 0 Å². The fourth-order valence-electron chi connectivity index (χ4n) is 1.06. The molecule has 0 aliphatic heterocycles. The fraction of sp³-hybridized carbons (Fsp3) is 0.727. The van der Waals surface area contributed by atoms with Crippen molar-refractivity contribution in [3.8, 4) is 0 Å². The summed E-state index contributed by atoms with van der Waals surface area (Å²) in [4.78, 5) is 32.8. The number of carboxylic acid groups (broad SMARTS) is 1. The van der Waals surface area contributed by atoms with Crippen LogP contribution in [-0.4, -0.2) is 49.7 Å². The number of esters is 1. The van der Waals surface area contributed by atoms with Crippen LogP contribution < -0.4 is 0 Å². The number of carbonyl (C=O) groups is 3. The molecule has 1 atom stereocenters. The molecule has 6 nitrogen and oxygen atoms in total. The molecule has 0 aromatic rings. The molecular weight excluding hydrogens is 303 g/mol. The van der Waals surface area contributed by atoms with Crippen molar-refractivity contribution in [2.24, 2.45) is 0 Å². The monoisotopic (exact) mass is 322 g/mol. The van der Waals surface area contributed by atoms with E-state index >= 15 is 0 Å².